The van der Waals surface area contributed by atoms with Crippen molar-refractivity contribution in [2.24, 2.45) is 10.7 Å². The third kappa shape index (κ3) is 2.67. The van der Waals surface area contributed by atoms with E-state index in [0.717, 1.165) is 24.1 Å². The van der Waals surface area contributed by atoms with E-state index in [0.29, 0.717) is 18.1 Å². The standard InChI is InChI=1S/C17H21FN6O/c1-10-3-2-4-13(18)14(10)23-9-11-7-21-16(19)22-15(11)24(17(23)25)12-5-6-20-8-12/h2-4,7,12,16,20,22H,5-6,8-9,19H2,1H3/t12-,16?/m0/s1. The molecular weight excluding hydrogens is 323 g/mol. The van der Waals surface area contributed by atoms with E-state index < -0.39 is 12.1 Å². The van der Waals surface area contributed by atoms with Gasteiger partial charge in [-0.2, -0.15) is 0 Å². The number of para-hydroxylation sites is 1. The van der Waals surface area contributed by atoms with Gasteiger partial charge in [0.15, 0.2) is 6.29 Å². The maximum Gasteiger partial charge on any atom is 0.330 e. The molecule has 1 saturated heterocycles. The van der Waals surface area contributed by atoms with Gasteiger partial charge in [-0.25, -0.2) is 9.18 Å². The molecule has 0 radical (unpaired) electrons. The molecular formula is C17H21FN6O. The zero-order valence-electron chi connectivity index (χ0n) is 14.0. The molecule has 3 heterocycles. The molecule has 0 aromatic heterocycles. The average molecular weight is 344 g/mol. The van der Waals surface area contributed by atoms with Gasteiger partial charge in [-0.1, -0.05) is 12.1 Å². The largest absolute Gasteiger partial charge is 0.337 e. The summed E-state index contributed by atoms with van der Waals surface area (Å²) in [5, 5.41) is 6.37. The van der Waals surface area contributed by atoms with Gasteiger partial charge >= 0.3 is 6.03 Å². The number of hydrogen-bond acceptors (Lipinski definition) is 5. The predicted molar refractivity (Wildman–Crippen MR) is 93.6 cm³/mol. The van der Waals surface area contributed by atoms with E-state index in [2.05, 4.69) is 15.6 Å². The Labute approximate surface area is 145 Å². The van der Waals surface area contributed by atoms with Gasteiger partial charge in [-0.05, 0) is 31.5 Å². The first-order valence-electron chi connectivity index (χ1n) is 8.41. The smallest absolute Gasteiger partial charge is 0.330 e. The lowest BCUT2D eigenvalue weighted by Crippen LogP contribution is -2.59. The Hall–Kier alpha value is -2.45. The quantitative estimate of drug-likeness (QED) is 0.743. The Balaban J connectivity index is 1.79. The molecule has 2 amide bonds. The zero-order chi connectivity index (χ0) is 17.6. The fraction of sp³-hybridized carbons (Fsp3) is 0.412. The number of aliphatic imine (C=N–C) groups is 1. The number of urea groups is 1. The van der Waals surface area contributed by atoms with Crippen LogP contribution in [-0.2, 0) is 0 Å². The van der Waals surface area contributed by atoms with Crippen molar-refractivity contribution in [1.29, 1.82) is 0 Å². The number of carbonyl (C=O) groups is 1. The van der Waals surface area contributed by atoms with Crippen LogP contribution in [-0.4, -0.2) is 49.1 Å². The summed E-state index contributed by atoms with van der Waals surface area (Å²) in [6, 6.07) is 4.59. The number of amides is 2. The van der Waals surface area contributed by atoms with Crippen LogP contribution in [0, 0.1) is 12.7 Å². The molecule has 0 aliphatic carbocycles. The van der Waals surface area contributed by atoms with Gasteiger partial charge in [0.1, 0.15) is 11.6 Å². The molecule has 8 heteroatoms. The monoisotopic (exact) mass is 344 g/mol. The molecule has 4 rings (SSSR count). The van der Waals surface area contributed by atoms with Gasteiger partial charge in [0.2, 0.25) is 0 Å². The van der Waals surface area contributed by atoms with Gasteiger partial charge in [0.25, 0.3) is 0 Å². The van der Waals surface area contributed by atoms with Crippen molar-refractivity contribution in [2.45, 2.75) is 25.7 Å². The summed E-state index contributed by atoms with van der Waals surface area (Å²) in [7, 11) is 0. The van der Waals surface area contributed by atoms with E-state index >= 15 is 0 Å². The topological polar surface area (TPSA) is 86.0 Å². The number of anilines is 1. The summed E-state index contributed by atoms with van der Waals surface area (Å²) < 4.78 is 14.5. The molecule has 1 fully saturated rings. The fourth-order valence-corrected chi connectivity index (χ4v) is 3.64. The minimum absolute atomic E-state index is 0.00132. The maximum atomic E-state index is 14.5. The molecule has 2 atom stereocenters. The lowest BCUT2D eigenvalue weighted by Gasteiger charge is -2.43. The van der Waals surface area contributed by atoms with Crippen molar-refractivity contribution in [2.75, 3.05) is 24.5 Å². The fourth-order valence-electron chi connectivity index (χ4n) is 3.64. The van der Waals surface area contributed by atoms with Crippen LogP contribution in [0.2, 0.25) is 0 Å². The first-order chi connectivity index (χ1) is 12.1. The number of nitrogens with zero attached hydrogens (tertiary/aromatic N) is 3. The van der Waals surface area contributed by atoms with E-state index in [1.165, 1.54) is 11.0 Å². The average Bonchev–Trinajstić information content (AvgIpc) is 3.09. The normalized spacial score (nSPS) is 26.1. The highest BCUT2D eigenvalue weighted by Gasteiger charge is 2.40. The molecule has 1 aromatic carbocycles. The number of halogens is 1. The number of nitrogens with two attached hydrogens (primary N) is 1. The molecule has 3 aliphatic rings. The van der Waals surface area contributed by atoms with Gasteiger partial charge in [-0.3, -0.25) is 20.5 Å². The van der Waals surface area contributed by atoms with E-state index in [1.807, 2.05) is 0 Å². The molecule has 1 unspecified atom stereocenters. The Morgan fingerprint density at radius 2 is 2.24 bits per heavy atom. The van der Waals surface area contributed by atoms with Crippen LogP contribution in [0.3, 0.4) is 0 Å². The molecule has 25 heavy (non-hydrogen) atoms. The van der Waals surface area contributed by atoms with Crippen molar-refractivity contribution in [3.05, 3.63) is 41.0 Å². The van der Waals surface area contributed by atoms with Crippen LogP contribution < -0.4 is 21.3 Å². The number of rotatable bonds is 2. The molecule has 1 aromatic rings. The molecule has 4 N–H and O–H groups in total. The minimum Gasteiger partial charge on any atom is -0.337 e. The third-order valence-electron chi connectivity index (χ3n) is 4.84. The SMILES string of the molecule is Cc1cccc(F)c1N1CC2=C(NC(N)N=C2)N([C@H]2CCNC2)C1=O. The van der Waals surface area contributed by atoms with E-state index in [4.69, 9.17) is 5.73 Å². The van der Waals surface area contributed by atoms with Crippen LogP contribution in [0.25, 0.3) is 0 Å². The van der Waals surface area contributed by atoms with Crippen molar-refractivity contribution >= 4 is 17.9 Å². The second-order valence-electron chi connectivity index (χ2n) is 6.53. The van der Waals surface area contributed by atoms with Crippen molar-refractivity contribution in [3.63, 3.8) is 0 Å². The first-order valence-corrected chi connectivity index (χ1v) is 8.41. The van der Waals surface area contributed by atoms with E-state index in [-0.39, 0.29) is 18.6 Å². The third-order valence-corrected chi connectivity index (χ3v) is 4.84. The van der Waals surface area contributed by atoms with Crippen molar-refractivity contribution in [1.82, 2.24) is 15.5 Å². The number of carbonyl (C=O) groups excluding carboxylic acids is 1. The molecule has 132 valence electrons. The van der Waals surface area contributed by atoms with Gasteiger partial charge < -0.3 is 10.6 Å². The van der Waals surface area contributed by atoms with Gasteiger partial charge in [-0.15, -0.1) is 0 Å². The summed E-state index contributed by atoms with van der Waals surface area (Å²) in [6.45, 7) is 3.60. The summed E-state index contributed by atoms with van der Waals surface area (Å²) in [4.78, 5) is 20.7. The highest BCUT2D eigenvalue weighted by Crippen LogP contribution is 2.32. The van der Waals surface area contributed by atoms with Crippen LogP contribution in [0.1, 0.15) is 12.0 Å². The maximum absolute atomic E-state index is 14.5. The lowest BCUT2D eigenvalue weighted by molar-refractivity contribution is 0.193. The molecule has 7 nitrogen and oxygen atoms in total. The Kier molecular flexibility index (Phi) is 3.93. The van der Waals surface area contributed by atoms with Crippen LogP contribution in [0.5, 0.6) is 0 Å². The number of benzene rings is 1. The number of aryl methyl sites for hydroxylation is 1. The summed E-state index contributed by atoms with van der Waals surface area (Å²) >= 11 is 0. The number of hydrogen-bond donors (Lipinski definition) is 3. The molecule has 3 aliphatic heterocycles. The zero-order valence-corrected chi connectivity index (χ0v) is 14.0. The second-order valence-corrected chi connectivity index (χ2v) is 6.53. The summed E-state index contributed by atoms with van der Waals surface area (Å²) in [5.41, 5.74) is 7.74. The highest BCUT2D eigenvalue weighted by atomic mass is 19.1. The van der Waals surface area contributed by atoms with Crippen LogP contribution in [0.15, 0.2) is 34.6 Å². The second kappa shape index (κ2) is 6.12. The number of nitrogens with one attached hydrogen (secondary N) is 2. The highest BCUT2D eigenvalue weighted by molar-refractivity contribution is 5.99. The molecule has 0 saturated carbocycles. The van der Waals surface area contributed by atoms with E-state index in [1.54, 1.807) is 30.2 Å². The molecule has 0 bridgehead atoms. The van der Waals surface area contributed by atoms with Gasteiger partial charge in [0, 0.05) is 18.3 Å². The lowest BCUT2D eigenvalue weighted by atomic mass is 10.1. The van der Waals surface area contributed by atoms with Crippen molar-refractivity contribution in [3.8, 4) is 0 Å². The van der Waals surface area contributed by atoms with E-state index in [9.17, 15) is 9.18 Å². The van der Waals surface area contributed by atoms with Gasteiger partial charge in [0.05, 0.1) is 18.3 Å². The Morgan fingerprint density at radius 3 is 2.96 bits per heavy atom. The molecule has 0 spiro atoms. The minimum atomic E-state index is -0.579. The first kappa shape index (κ1) is 16.0. The van der Waals surface area contributed by atoms with Crippen LogP contribution >= 0.6 is 0 Å². The summed E-state index contributed by atoms with van der Waals surface area (Å²) in [6.07, 6.45) is 1.94. The van der Waals surface area contributed by atoms with Crippen molar-refractivity contribution < 1.29 is 9.18 Å². The van der Waals surface area contributed by atoms with Crippen LogP contribution in [0.4, 0.5) is 14.9 Å². The Morgan fingerprint density at radius 1 is 1.40 bits per heavy atom. The predicted octanol–water partition coefficient (Wildman–Crippen LogP) is 0.866. The summed E-state index contributed by atoms with van der Waals surface area (Å²) in [5.74, 6) is 0.283. The Bertz CT molecular complexity index is 750.